The van der Waals surface area contributed by atoms with E-state index in [0.29, 0.717) is 32.2 Å². The zero-order valence-corrected chi connectivity index (χ0v) is 14.9. The number of para-hydroxylation sites is 1. The Morgan fingerprint density at radius 2 is 1.73 bits per heavy atom. The number of nitrogens with zero attached hydrogens (tertiary/aromatic N) is 2. The Balaban J connectivity index is 2.05. The maximum Gasteiger partial charge on any atom is 0.573 e. The SMILES string of the molecule is CN1CCCC2(CCCN2S(=O)(=O)c2ccccc2OC(F)(F)F)C1=O. The summed E-state index contributed by atoms with van der Waals surface area (Å²) in [4.78, 5) is 13.7. The third kappa shape index (κ3) is 3.16. The lowest BCUT2D eigenvalue weighted by atomic mass is 9.87. The second-order valence-electron chi connectivity index (χ2n) is 6.54. The summed E-state index contributed by atoms with van der Waals surface area (Å²) in [5.74, 6) is -1.10. The molecule has 144 valence electrons. The van der Waals surface area contributed by atoms with E-state index in [1.54, 1.807) is 7.05 Å². The molecule has 1 unspecified atom stereocenters. The molecule has 2 heterocycles. The highest BCUT2D eigenvalue weighted by Crippen LogP contribution is 2.43. The molecule has 0 bridgehead atoms. The van der Waals surface area contributed by atoms with Crippen molar-refractivity contribution in [1.82, 2.24) is 9.21 Å². The van der Waals surface area contributed by atoms with E-state index >= 15 is 0 Å². The van der Waals surface area contributed by atoms with E-state index in [1.807, 2.05) is 0 Å². The van der Waals surface area contributed by atoms with Gasteiger partial charge < -0.3 is 9.64 Å². The topological polar surface area (TPSA) is 66.9 Å². The first-order chi connectivity index (χ1) is 12.1. The van der Waals surface area contributed by atoms with Crippen molar-refractivity contribution < 1.29 is 31.1 Å². The van der Waals surface area contributed by atoms with Gasteiger partial charge in [0.25, 0.3) is 0 Å². The molecule has 1 spiro atoms. The number of amides is 1. The molecule has 0 aliphatic carbocycles. The first-order valence-corrected chi connectivity index (χ1v) is 9.65. The van der Waals surface area contributed by atoms with E-state index in [4.69, 9.17) is 0 Å². The maximum atomic E-state index is 13.2. The van der Waals surface area contributed by atoms with Crippen molar-refractivity contribution in [3.8, 4) is 5.75 Å². The molecule has 3 rings (SSSR count). The van der Waals surface area contributed by atoms with E-state index in [2.05, 4.69) is 4.74 Å². The van der Waals surface area contributed by atoms with Crippen LogP contribution in [0.2, 0.25) is 0 Å². The summed E-state index contributed by atoms with van der Waals surface area (Å²) in [6.07, 6.45) is -3.19. The van der Waals surface area contributed by atoms with Crippen molar-refractivity contribution in [1.29, 1.82) is 0 Å². The molecule has 10 heteroatoms. The standard InChI is InChI=1S/C16H19F3N2O4S/c1-20-10-4-8-15(14(20)22)9-5-11-21(15)26(23,24)13-7-3-2-6-12(13)25-16(17,18)19/h2-3,6-7H,4-5,8-11H2,1H3. The Morgan fingerprint density at radius 1 is 1.12 bits per heavy atom. The second-order valence-corrected chi connectivity index (χ2v) is 8.37. The van der Waals surface area contributed by atoms with Crippen molar-refractivity contribution in [2.45, 2.75) is 42.5 Å². The van der Waals surface area contributed by atoms with E-state index in [0.717, 1.165) is 16.4 Å². The van der Waals surface area contributed by atoms with Crippen molar-refractivity contribution in [3.05, 3.63) is 24.3 Å². The monoisotopic (exact) mass is 392 g/mol. The van der Waals surface area contributed by atoms with Gasteiger partial charge in [0.2, 0.25) is 15.9 Å². The Bertz CT molecular complexity index is 812. The predicted molar refractivity (Wildman–Crippen MR) is 85.9 cm³/mol. The highest BCUT2D eigenvalue weighted by Gasteiger charge is 2.55. The highest BCUT2D eigenvalue weighted by molar-refractivity contribution is 7.89. The third-order valence-electron chi connectivity index (χ3n) is 4.90. The second kappa shape index (κ2) is 6.41. The van der Waals surface area contributed by atoms with Crippen LogP contribution in [0.15, 0.2) is 29.2 Å². The summed E-state index contributed by atoms with van der Waals surface area (Å²) in [6, 6.07) is 4.62. The van der Waals surface area contributed by atoms with Crippen molar-refractivity contribution in [2.75, 3.05) is 20.1 Å². The summed E-state index contributed by atoms with van der Waals surface area (Å²) < 4.78 is 69.3. The number of hydrogen-bond donors (Lipinski definition) is 0. The molecular weight excluding hydrogens is 373 g/mol. The van der Waals surface area contributed by atoms with Gasteiger partial charge >= 0.3 is 6.36 Å². The smallest absolute Gasteiger partial charge is 0.404 e. The molecule has 1 atom stereocenters. The normalized spacial score (nSPS) is 25.1. The van der Waals surface area contributed by atoms with Gasteiger partial charge in [-0.2, -0.15) is 4.31 Å². The minimum atomic E-state index is -5.02. The summed E-state index contributed by atoms with van der Waals surface area (Å²) in [5.41, 5.74) is -1.23. The highest BCUT2D eigenvalue weighted by atomic mass is 32.2. The lowest BCUT2D eigenvalue weighted by molar-refractivity contribution is -0.275. The Morgan fingerprint density at radius 3 is 2.38 bits per heavy atom. The van der Waals surface area contributed by atoms with Crippen LogP contribution in [-0.2, 0) is 14.8 Å². The third-order valence-corrected chi connectivity index (χ3v) is 6.91. The average Bonchev–Trinajstić information content (AvgIpc) is 2.97. The van der Waals surface area contributed by atoms with Crippen LogP contribution in [0.3, 0.4) is 0 Å². The maximum absolute atomic E-state index is 13.2. The van der Waals surface area contributed by atoms with Gasteiger partial charge in [0.05, 0.1) is 0 Å². The number of carbonyl (C=O) groups excluding carboxylic acids is 1. The van der Waals surface area contributed by atoms with Crippen LogP contribution in [0.5, 0.6) is 5.75 Å². The molecule has 2 aliphatic heterocycles. The summed E-state index contributed by atoms with van der Waals surface area (Å²) in [7, 11) is -2.74. The quantitative estimate of drug-likeness (QED) is 0.792. The molecule has 0 aromatic heterocycles. The molecule has 1 aromatic rings. The number of carbonyl (C=O) groups is 1. The van der Waals surface area contributed by atoms with Gasteiger partial charge in [-0.15, -0.1) is 13.2 Å². The van der Waals surface area contributed by atoms with E-state index in [1.165, 1.54) is 17.0 Å². The van der Waals surface area contributed by atoms with Crippen molar-refractivity contribution in [3.63, 3.8) is 0 Å². The molecular formula is C16H19F3N2O4S. The van der Waals surface area contributed by atoms with Crippen LogP contribution in [0.4, 0.5) is 13.2 Å². The molecule has 1 aromatic carbocycles. The average molecular weight is 392 g/mol. The number of sulfonamides is 1. The molecule has 0 N–H and O–H groups in total. The first-order valence-electron chi connectivity index (χ1n) is 8.21. The number of rotatable bonds is 3. The van der Waals surface area contributed by atoms with Gasteiger partial charge in [0.15, 0.2) is 0 Å². The van der Waals surface area contributed by atoms with Crippen molar-refractivity contribution in [2.24, 2.45) is 0 Å². The number of hydrogen-bond acceptors (Lipinski definition) is 4. The number of alkyl halides is 3. The van der Waals surface area contributed by atoms with Crippen LogP contribution in [0, 0.1) is 0 Å². The van der Waals surface area contributed by atoms with Crippen LogP contribution >= 0.6 is 0 Å². The van der Waals surface area contributed by atoms with Gasteiger partial charge in [-0.05, 0) is 37.8 Å². The molecule has 6 nitrogen and oxygen atoms in total. The summed E-state index contributed by atoms with van der Waals surface area (Å²) >= 11 is 0. The molecule has 26 heavy (non-hydrogen) atoms. The zero-order valence-electron chi connectivity index (χ0n) is 14.1. The van der Waals surface area contributed by atoms with Gasteiger partial charge in [-0.25, -0.2) is 8.42 Å². The fourth-order valence-corrected chi connectivity index (χ4v) is 5.77. The number of piperidine rings is 1. The van der Waals surface area contributed by atoms with Crippen LogP contribution in [0.1, 0.15) is 25.7 Å². The summed E-state index contributed by atoms with van der Waals surface area (Å²) in [5, 5.41) is 0. The van der Waals surface area contributed by atoms with Gasteiger partial charge in [-0.3, -0.25) is 4.79 Å². The van der Waals surface area contributed by atoms with Crippen LogP contribution < -0.4 is 4.74 Å². The number of likely N-dealkylation sites (tertiary alicyclic amines) is 1. The van der Waals surface area contributed by atoms with E-state index < -0.39 is 32.6 Å². The van der Waals surface area contributed by atoms with Gasteiger partial charge in [-0.1, -0.05) is 12.1 Å². The minimum Gasteiger partial charge on any atom is -0.404 e. The van der Waals surface area contributed by atoms with Gasteiger partial charge in [0.1, 0.15) is 16.2 Å². The molecule has 2 saturated heterocycles. The lowest BCUT2D eigenvalue weighted by Gasteiger charge is -2.42. The molecule has 2 fully saturated rings. The van der Waals surface area contributed by atoms with Crippen LogP contribution in [0.25, 0.3) is 0 Å². The fourth-order valence-electron chi connectivity index (χ4n) is 3.83. The minimum absolute atomic E-state index is 0.0856. The number of ether oxygens (including phenoxy) is 1. The lowest BCUT2D eigenvalue weighted by Crippen LogP contribution is -2.60. The van der Waals surface area contributed by atoms with Gasteiger partial charge in [0, 0.05) is 20.1 Å². The van der Waals surface area contributed by atoms with E-state index in [-0.39, 0.29) is 12.5 Å². The molecule has 0 saturated carbocycles. The largest absolute Gasteiger partial charge is 0.573 e. The Labute approximate surface area is 149 Å². The number of likely N-dealkylation sites (N-methyl/N-ethyl adjacent to an activating group) is 1. The first kappa shape index (κ1) is 19.0. The Kier molecular flexibility index (Phi) is 4.68. The van der Waals surface area contributed by atoms with Crippen LogP contribution in [-0.4, -0.2) is 55.6 Å². The molecule has 1 amide bonds. The Hall–Kier alpha value is -1.81. The summed E-state index contributed by atoms with van der Waals surface area (Å²) in [6.45, 7) is 0.616. The van der Waals surface area contributed by atoms with E-state index in [9.17, 15) is 26.4 Å². The number of benzene rings is 1. The fraction of sp³-hybridized carbons (Fsp3) is 0.562. The molecule has 0 radical (unpaired) electrons. The zero-order chi connectivity index (χ0) is 19.2. The number of halogens is 3. The van der Waals surface area contributed by atoms with Crippen molar-refractivity contribution >= 4 is 15.9 Å². The predicted octanol–water partition coefficient (Wildman–Crippen LogP) is 2.36. The molecule has 2 aliphatic rings.